The number of amides is 1. The van der Waals surface area contributed by atoms with Gasteiger partial charge in [-0.15, -0.1) is 0 Å². The molecular formula is C20H22N4O4S2. The van der Waals surface area contributed by atoms with E-state index in [-0.39, 0.29) is 17.3 Å². The van der Waals surface area contributed by atoms with Crippen LogP contribution in [-0.2, 0) is 21.4 Å². The van der Waals surface area contributed by atoms with Gasteiger partial charge in [-0.05, 0) is 42.7 Å². The molecule has 0 spiro atoms. The quantitative estimate of drug-likeness (QED) is 0.624. The standard InChI is InChI=1S/C20H22N4O4S2/c1-28-16-7-2-5-14(11-16)12-21-20(25)15-6-4-10-24(13-15)30(26,27)18-9-3-8-17-19(18)23-29-22-17/h2-3,5,7-9,11,15H,4,6,10,12-13H2,1H3,(H,21,25). The van der Waals surface area contributed by atoms with Crippen LogP contribution in [0.15, 0.2) is 47.4 Å². The van der Waals surface area contributed by atoms with Crippen LogP contribution in [0.1, 0.15) is 18.4 Å². The fourth-order valence-electron chi connectivity index (χ4n) is 3.62. The topological polar surface area (TPSA) is 101 Å². The summed E-state index contributed by atoms with van der Waals surface area (Å²) in [7, 11) is -2.17. The Morgan fingerprint density at radius 3 is 2.93 bits per heavy atom. The van der Waals surface area contributed by atoms with Crippen molar-refractivity contribution in [3.05, 3.63) is 48.0 Å². The number of aromatic nitrogens is 2. The molecular weight excluding hydrogens is 424 g/mol. The Balaban J connectivity index is 1.46. The molecule has 1 amide bonds. The van der Waals surface area contributed by atoms with E-state index >= 15 is 0 Å². The lowest BCUT2D eigenvalue weighted by molar-refractivity contribution is -0.126. The van der Waals surface area contributed by atoms with Gasteiger partial charge in [0.1, 0.15) is 21.7 Å². The van der Waals surface area contributed by atoms with Crippen molar-refractivity contribution in [2.75, 3.05) is 20.2 Å². The lowest BCUT2D eigenvalue weighted by Gasteiger charge is -2.31. The van der Waals surface area contributed by atoms with Crippen molar-refractivity contribution in [2.45, 2.75) is 24.3 Å². The number of piperidine rings is 1. The highest BCUT2D eigenvalue weighted by atomic mass is 32.2. The lowest BCUT2D eigenvalue weighted by atomic mass is 9.99. The van der Waals surface area contributed by atoms with E-state index in [1.807, 2.05) is 24.3 Å². The molecule has 30 heavy (non-hydrogen) atoms. The SMILES string of the molecule is COc1cccc(CNC(=O)C2CCCN(S(=O)(=O)c3cccc4nsnc34)C2)c1. The van der Waals surface area contributed by atoms with E-state index in [2.05, 4.69) is 14.1 Å². The maximum Gasteiger partial charge on any atom is 0.245 e. The number of nitrogens with one attached hydrogen (secondary N) is 1. The minimum atomic E-state index is -3.76. The Morgan fingerprint density at radius 1 is 1.27 bits per heavy atom. The number of carbonyl (C=O) groups excluding carboxylic acids is 1. The van der Waals surface area contributed by atoms with Gasteiger partial charge in [-0.3, -0.25) is 4.79 Å². The molecule has 10 heteroatoms. The highest BCUT2D eigenvalue weighted by molar-refractivity contribution is 7.89. The number of carbonyl (C=O) groups is 1. The normalized spacial score (nSPS) is 17.7. The lowest BCUT2D eigenvalue weighted by Crippen LogP contribution is -2.45. The average molecular weight is 447 g/mol. The molecule has 1 aliphatic heterocycles. The maximum atomic E-state index is 13.2. The number of nitrogens with zero attached hydrogens (tertiary/aromatic N) is 3. The van der Waals surface area contributed by atoms with Crippen molar-refractivity contribution >= 4 is 38.7 Å². The highest BCUT2D eigenvalue weighted by Crippen LogP contribution is 2.28. The van der Waals surface area contributed by atoms with Crippen molar-refractivity contribution in [1.29, 1.82) is 0 Å². The summed E-state index contributed by atoms with van der Waals surface area (Å²) in [6.45, 7) is 0.902. The van der Waals surface area contributed by atoms with Crippen LogP contribution in [-0.4, -0.2) is 47.6 Å². The zero-order valence-electron chi connectivity index (χ0n) is 16.4. The minimum absolute atomic E-state index is 0.145. The molecule has 1 unspecified atom stereocenters. The molecule has 0 saturated carbocycles. The highest BCUT2D eigenvalue weighted by Gasteiger charge is 2.34. The number of hydrogen-bond acceptors (Lipinski definition) is 7. The summed E-state index contributed by atoms with van der Waals surface area (Å²) in [5.74, 6) is 0.181. The van der Waals surface area contributed by atoms with E-state index in [0.717, 1.165) is 23.0 Å². The molecule has 158 valence electrons. The third-order valence-electron chi connectivity index (χ3n) is 5.22. The first kappa shape index (κ1) is 20.7. The number of sulfonamides is 1. The molecule has 1 N–H and O–H groups in total. The summed E-state index contributed by atoms with van der Waals surface area (Å²) >= 11 is 0.986. The molecule has 3 aromatic rings. The Hall–Kier alpha value is -2.56. The monoisotopic (exact) mass is 446 g/mol. The van der Waals surface area contributed by atoms with Gasteiger partial charge in [-0.2, -0.15) is 13.1 Å². The molecule has 4 rings (SSSR count). The second kappa shape index (κ2) is 8.66. The first-order valence-electron chi connectivity index (χ1n) is 9.61. The van der Waals surface area contributed by atoms with E-state index in [0.29, 0.717) is 37.0 Å². The first-order valence-corrected chi connectivity index (χ1v) is 11.8. The van der Waals surface area contributed by atoms with Crippen LogP contribution in [0, 0.1) is 5.92 Å². The van der Waals surface area contributed by atoms with Crippen molar-refractivity contribution < 1.29 is 17.9 Å². The smallest absolute Gasteiger partial charge is 0.245 e. The van der Waals surface area contributed by atoms with E-state index in [4.69, 9.17) is 4.74 Å². The van der Waals surface area contributed by atoms with Crippen LogP contribution >= 0.6 is 11.7 Å². The van der Waals surface area contributed by atoms with Gasteiger partial charge in [-0.25, -0.2) is 8.42 Å². The maximum absolute atomic E-state index is 13.2. The summed E-state index contributed by atoms with van der Waals surface area (Å²) in [4.78, 5) is 12.9. The predicted molar refractivity (Wildman–Crippen MR) is 114 cm³/mol. The van der Waals surface area contributed by atoms with Gasteiger partial charge < -0.3 is 10.1 Å². The van der Waals surface area contributed by atoms with Gasteiger partial charge >= 0.3 is 0 Å². The number of methoxy groups -OCH3 is 1. The summed E-state index contributed by atoms with van der Waals surface area (Å²) in [6.07, 6.45) is 1.28. The zero-order valence-corrected chi connectivity index (χ0v) is 18.1. The van der Waals surface area contributed by atoms with Crippen LogP contribution in [0.25, 0.3) is 11.0 Å². The van der Waals surface area contributed by atoms with Crippen molar-refractivity contribution in [1.82, 2.24) is 18.4 Å². The van der Waals surface area contributed by atoms with Gasteiger partial charge in [0.25, 0.3) is 0 Å². The molecule has 1 aliphatic rings. The van der Waals surface area contributed by atoms with Crippen LogP contribution in [0.5, 0.6) is 5.75 Å². The molecule has 1 saturated heterocycles. The largest absolute Gasteiger partial charge is 0.497 e. The van der Waals surface area contributed by atoms with Crippen molar-refractivity contribution in [3.8, 4) is 5.75 Å². The number of hydrogen-bond donors (Lipinski definition) is 1. The molecule has 1 aromatic heterocycles. The molecule has 2 heterocycles. The molecule has 2 aromatic carbocycles. The molecule has 8 nitrogen and oxygen atoms in total. The van der Waals surface area contributed by atoms with E-state index in [1.165, 1.54) is 4.31 Å². The molecule has 1 fully saturated rings. The predicted octanol–water partition coefficient (Wildman–Crippen LogP) is 2.42. The molecule has 0 radical (unpaired) electrons. The second-order valence-corrected chi connectivity index (χ2v) is 9.59. The fourth-order valence-corrected chi connectivity index (χ4v) is 5.90. The third kappa shape index (κ3) is 4.16. The molecule has 0 aliphatic carbocycles. The number of benzene rings is 2. The Morgan fingerprint density at radius 2 is 2.10 bits per heavy atom. The van der Waals surface area contributed by atoms with Gasteiger partial charge in [0, 0.05) is 19.6 Å². The minimum Gasteiger partial charge on any atom is -0.497 e. The zero-order chi connectivity index (χ0) is 21.1. The number of fused-ring (bicyclic) bond motifs is 1. The summed E-state index contributed by atoms with van der Waals surface area (Å²) < 4.78 is 41.3. The Kier molecular flexibility index (Phi) is 5.98. The van der Waals surface area contributed by atoms with Crippen LogP contribution < -0.4 is 10.1 Å². The van der Waals surface area contributed by atoms with E-state index < -0.39 is 15.9 Å². The molecule has 1 atom stereocenters. The summed E-state index contributed by atoms with van der Waals surface area (Å²) in [6, 6.07) is 12.4. The van der Waals surface area contributed by atoms with Crippen LogP contribution in [0.4, 0.5) is 0 Å². The second-order valence-electron chi connectivity index (χ2n) is 7.16. The fraction of sp³-hybridized carbons (Fsp3) is 0.350. The van der Waals surface area contributed by atoms with Gasteiger partial charge in [-0.1, -0.05) is 18.2 Å². The first-order chi connectivity index (χ1) is 14.5. The summed E-state index contributed by atoms with van der Waals surface area (Å²) in [5, 5.41) is 2.92. The number of ether oxygens (including phenoxy) is 1. The summed E-state index contributed by atoms with van der Waals surface area (Å²) in [5.41, 5.74) is 1.86. The third-order valence-corrected chi connectivity index (χ3v) is 7.66. The van der Waals surface area contributed by atoms with Crippen LogP contribution in [0.2, 0.25) is 0 Å². The van der Waals surface area contributed by atoms with E-state index in [9.17, 15) is 13.2 Å². The van der Waals surface area contributed by atoms with Crippen molar-refractivity contribution in [2.24, 2.45) is 5.92 Å². The van der Waals surface area contributed by atoms with Gasteiger partial charge in [0.05, 0.1) is 24.8 Å². The average Bonchev–Trinajstić information content (AvgIpc) is 3.26. The van der Waals surface area contributed by atoms with Gasteiger partial charge in [0.2, 0.25) is 15.9 Å². The van der Waals surface area contributed by atoms with Gasteiger partial charge in [0.15, 0.2) is 0 Å². The van der Waals surface area contributed by atoms with E-state index in [1.54, 1.807) is 25.3 Å². The van der Waals surface area contributed by atoms with Crippen molar-refractivity contribution in [3.63, 3.8) is 0 Å². The Bertz CT molecular complexity index is 1160. The Labute approximate surface area is 179 Å². The number of rotatable bonds is 6. The molecule has 0 bridgehead atoms. The van der Waals surface area contributed by atoms with Crippen LogP contribution in [0.3, 0.4) is 0 Å².